The second-order valence-electron chi connectivity index (χ2n) is 4.89. The van der Waals surface area contributed by atoms with Crippen molar-refractivity contribution in [3.63, 3.8) is 0 Å². The number of methoxy groups -OCH3 is 1. The van der Waals surface area contributed by atoms with Crippen LogP contribution in [0.4, 0.5) is 18.9 Å². The van der Waals surface area contributed by atoms with Gasteiger partial charge >= 0.3 is 12.1 Å². The minimum Gasteiger partial charge on any atom is -0.468 e. The molecule has 0 aliphatic carbocycles. The number of pyridine rings is 1. The number of carbonyl (C=O) groups excluding carboxylic acids is 2. The fourth-order valence-corrected chi connectivity index (χ4v) is 2.69. The van der Waals surface area contributed by atoms with Crippen molar-refractivity contribution in [1.82, 2.24) is 4.98 Å². The minimum absolute atomic E-state index is 0.0502. The Balaban J connectivity index is 2.27. The van der Waals surface area contributed by atoms with Crippen LogP contribution in [0.5, 0.6) is 0 Å². The summed E-state index contributed by atoms with van der Waals surface area (Å²) < 4.78 is 44.4. The zero-order valence-electron chi connectivity index (χ0n) is 13.3. The van der Waals surface area contributed by atoms with E-state index in [4.69, 9.17) is 11.6 Å². The molecule has 1 heterocycles. The smallest absolute Gasteiger partial charge is 0.417 e. The average Bonchev–Trinajstić information content (AvgIpc) is 2.60. The fourth-order valence-electron chi connectivity index (χ4n) is 1.85. The molecule has 1 N–H and O–H groups in total. The Morgan fingerprint density at radius 2 is 1.92 bits per heavy atom. The molecule has 0 saturated carbocycles. The standard InChI is InChI=1S/C16H12ClF3N2O3S/c1-25-14(23)8-26-13-6-12(16(18,19)20)11(7-21-13)15(24)22-10-4-2-9(17)3-5-10/h2-7H,8H2,1H3,(H,22,24). The van der Waals surface area contributed by atoms with E-state index in [9.17, 15) is 22.8 Å². The molecule has 0 unspecified atom stereocenters. The average molecular weight is 405 g/mol. The summed E-state index contributed by atoms with van der Waals surface area (Å²) >= 11 is 6.50. The number of hydrogen-bond acceptors (Lipinski definition) is 5. The molecule has 0 spiro atoms. The van der Waals surface area contributed by atoms with Gasteiger partial charge in [0.05, 0.1) is 29.0 Å². The molecular weight excluding hydrogens is 393 g/mol. The Kier molecular flexibility index (Phi) is 6.49. The van der Waals surface area contributed by atoms with Crippen molar-refractivity contribution in [1.29, 1.82) is 0 Å². The number of rotatable bonds is 5. The monoisotopic (exact) mass is 404 g/mol. The number of anilines is 1. The normalized spacial score (nSPS) is 11.1. The van der Waals surface area contributed by atoms with E-state index < -0.39 is 29.2 Å². The summed E-state index contributed by atoms with van der Waals surface area (Å²) in [7, 11) is 1.17. The highest BCUT2D eigenvalue weighted by Crippen LogP contribution is 2.34. The van der Waals surface area contributed by atoms with Crippen LogP contribution >= 0.6 is 23.4 Å². The first-order valence-electron chi connectivity index (χ1n) is 7.04. The van der Waals surface area contributed by atoms with Gasteiger partial charge in [0.2, 0.25) is 0 Å². The third kappa shape index (κ3) is 5.37. The first-order valence-corrected chi connectivity index (χ1v) is 8.41. The molecule has 10 heteroatoms. The van der Waals surface area contributed by atoms with Gasteiger partial charge in [-0.25, -0.2) is 4.98 Å². The van der Waals surface area contributed by atoms with E-state index in [-0.39, 0.29) is 16.5 Å². The molecule has 138 valence electrons. The number of aromatic nitrogens is 1. The van der Waals surface area contributed by atoms with Crippen LogP contribution in [0.3, 0.4) is 0 Å². The largest absolute Gasteiger partial charge is 0.468 e. The summed E-state index contributed by atoms with van der Waals surface area (Å²) in [6.45, 7) is 0. The predicted octanol–water partition coefficient (Wildman–Crippen LogP) is 4.27. The lowest BCUT2D eigenvalue weighted by Crippen LogP contribution is -2.19. The lowest BCUT2D eigenvalue weighted by atomic mass is 10.1. The van der Waals surface area contributed by atoms with Gasteiger partial charge in [0.15, 0.2) is 0 Å². The van der Waals surface area contributed by atoms with Crippen LogP contribution in [-0.2, 0) is 15.7 Å². The molecule has 1 aromatic heterocycles. The number of nitrogens with one attached hydrogen (secondary N) is 1. The highest BCUT2D eigenvalue weighted by atomic mass is 35.5. The van der Waals surface area contributed by atoms with Crippen molar-refractivity contribution in [2.75, 3.05) is 18.2 Å². The topological polar surface area (TPSA) is 68.3 Å². The number of amides is 1. The van der Waals surface area contributed by atoms with Gasteiger partial charge in [-0.15, -0.1) is 0 Å². The van der Waals surface area contributed by atoms with Gasteiger partial charge in [-0.2, -0.15) is 13.2 Å². The van der Waals surface area contributed by atoms with Gasteiger partial charge in [0.1, 0.15) is 0 Å². The number of esters is 1. The molecule has 1 amide bonds. The Morgan fingerprint density at radius 3 is 2.50 bits per heavy atom. The third-order valence-electron chi connectivity index (χ3n) is 3.10. The highest BCUT2D eigenvalue weighted by Gasteiger charge is 2.36. The summed E-state index contributed by atoms with van der Waals surface area (Å²) in [6.07, 6.45) is -3.94. The zero-order chi connectivity index (χ0) is 19.3. The van der Waals surface area contributed by atoms with Crippen LogP contribution in [0.15, 0.2) is 41.6 Å². The zero-order valence-corrected chi connectivity index (χ0v) is 14.8. The maximum atomic E-state index is 13.3. The van der Waals surface area contributed by atoms with Crippen LogP contribution in [0, 0.1) is 0 Å². The number of halogens is 4. The van der Waals surface area contributed by atoms with E-state index in [0.717, 1.165) is 24.0 Å². The summed E-state index contributed by atoms with van der Waals surface area (Å²) in [5.74, 6) is -1.76. The number of thioether (sulfide) groups is 1. The molecule has 0 bridgehead atoms. The molecule has 0 saturated heterocycles. The highest BCUT2D eigenvalue weighted by molar-refractivity contribution is 7.99. The molecule has 0 fully saturated rings. The van der Waals surface area contributed by atoms with E-state index in [1.54, 1.807) is 0 Å². The van der Waals surface area contributed by atoms with Crippen molar-refractivity contribution >= 4 is 40.9 Å². The van der Waals surface area contributed by atoms with Crippen molar-refractivity contribution < 1.29 is 27.5 Å². The fraction of sp³-hybridized carbons (Fsp3) is 0.188. The Bertz CT molecular complexity index is 813. The Morgan fingerprint density at radius 1 is 1.27 bits per heavy atom. The molecule has 0 aliphatic rings. The van der Waals surface area contributed by atoms with E-state index in [1.165, 1.54) is 31.4 Å². The summed E-state index contributed by atoms with van der Waals surface area (Å²) in [4.78, 5) is 27.1. The Hall–Kier alpha value is -2.26. The SMILES string of the molecule is COC(=O)CSc1cc(C(F)(F)F)c(C(=O)Nc2ccc(Cl)cc2)cn1. The molecule has 0 aliphatic heterocycles. The number of benzene rings is 1. The van der Waals surface area contributed by atoms with E-state index in [0.29, 0.717) is 5.02 Å². The van der Waals surface area contributed by atoms with Crippen molar-refractivity contribution in [2.45, 2.75) is 11.2 Å². The molecule has 0 radical (unpaired) electrons. The number of ether oxygens (including phenoxy) is 1. The van der Waals surface area contributed by atoms with Crippen LogP contribution in [0.25, 0.3) is 0 Å². The molecule has 2 aromatic rings. The maximum absolute atomic E-state index is 13.3. The van der Waals surface area contributed by atoms with Crippen molar-refractivity contribution in [3.05, 3.63) is 52.7 Å². The number of hydrogen-bond donors (Lipinski definition) is 1. The van der Waals surface area contributed by atoms with E-state index in [1.807, 2.05) is 0 Å². The summed E-state index contributed by atoms with van der Waals surface area (Å²) in [5, 5.41) is 2.73. The molecule has 26 heavy (non-hydrogen) atoms. The summed E-state index contributed by atoms with van der Waals surface area (Å²) in [5.41, 5.74) is -1.49. The van der Waals surface area contributed by atoms with Gasteiger partial charge in [-0.3, -0.25) is 9.59 Å². The van der Waals surface area contributed by atoms with Crippen LogP contribution in [0.1, 0.15) is 15.9 Å². The second kappa shape index (κ2) is 8.41. The maximum Gasteiger partial charge on any atom is 0.417 e. The van der Waals surface area contributed by atoms with Crippen LogP contribution in [-0.4, -0.2) is 29.7 Å². The lowest BCUT2D eigenvalue weighted by molar-refractivity contribution is -0.138. The number of carbonyl (C=O) groups is 2. The quantitative estimate of drug-likeness (QED) is 0.595. The van der Waals surface area contributed by atoms with E-state index in [2.05, 4.69) is 15.0 Å². The third-order valence-corrected chi connectivity index (χ3v) is 4.25. The first kappa shape index (κ1) is 20.1. The molecule has 1 aromatic carbocycles. The van der Waals surface area contributed by atoms with Crippen LogP contribution in [0.2, 0.25) is 5.02 Å². The molecule has 5 nitrogen and oxygen atoms in total. The van der Waals surface area contributed by atoms with Crippen LogP contribution < -0.4 is 5.32 Å². The van der Waals surface area contributed by atoms with Gasteiger partial charge < -0.3 is 10.1 Å². The molecule has 2 rings (SSSR count). The lowest BCUT2D eigenvalue weighted by Gasteiger charge is -2.14. The Labute approximate surface area is 155 Å². The second-order valence-corrected chi connectivity index (χ2v) is 6.32. The molecule has 0 atom stereocenters. The van der Waals surface area contributed by atoms with E-state index >= 15 is 0 Å². The van der Waals surface area contributed by atoms with Gasteiger partial charge in [0, 0.05) is 16.9 Å². The number of nitrogens with zero attached hydrogens (tertiary/aromatic N) is 1. The first-order chi connectivity index (χ1) is 12.2. The number of alkyl halides is 3. The molecular formula is C16H12ClF3N2O3S. The van der Waals surface area contributed by atoms with Crippen molar-refractivity contribution in [2.24, 2.45) is 0 Å². The summed E-state index contributed by atoms with van der Waals surface area (Å²) in [6, 6.07) is 6.63. The van der Waals surface area contributed by atoms with Gasteiger partial charge in [-0.1, -0.05) is 23.4 Å². The predicted molar refractivity (Wildman–Crippen MR) is 91.4 cm³/mol. The van der Waals surface area contributed by atoms with Crippen molar-refractivity contribution in [3.8, 4) is 0 Å². The van der Waals surface area contributed by atoms with Gasteiger partial charge in [-0.05, 0) is 30.3 Å². The van der Waals surface area contributed by atoms with Gasteiger partial charge in [0.25, 0.3) is 5.91 Å². The minimum atomic E-state index is -4.77.